The van der Waals surface area contributed by atoms with Gasteiger partial charge in [-0.15, -0.1) is 0 Å². The molecule has 1 aromatic rings. The van der Waals surface area contributed by atoms with E-state index >= 15 is 0 Å². The number of hydrogen-bond donors (Lipinski definition) is 1. The molecule has 1 N–H and O–H groups in total. The second-order valence-corrected chi connectivity index (χ2v) is 7.31. The lowest BCUT2D eigenvalue weighted by Gasteiger charge is -2.33. The van der Waals surface area contributed by atoms with Crippen molar-refractivity contribution in [2.45, 2.75) is 19.4 Å². The molecule has 1 aromatic carbocycles. The van der Waals surface area contributed by atoms with Crippen molar-refractivity contribution >= 4 is 10.2 Å². The predicted molar refractivity (Wildman–Crippen MR) is 78.2 cm³/mol. The van der Waals surface area contributed by atoms with Gasteiger partial charge in [0.25, 0.3) is 10.2 Å². The monoisotopic (exact) mass is 298 g/mol. The third-order valence-electron chi connectivity index (χ3n) is 3.80. The number of aliphatic hydroxyl groups excluding tert-OH is 1. The summed E-state index contributed by atoms with van der Waals surface area (Å²) in [6, 6.07) is 9.57. The van der Waals surface area contributed by atoms with E-state index in [1.807, 2.05) is 30.3 Å². The Bertz CT molecular complexity index is 510. The summed E-state index contributed by atoms with van der Waals surface area (Å²) >= 11 is 0. The summed E-state index contributed by atoms with van der Waals surface area (Å²) in [6.45, 7) is 1.51. The minimum absolute atomic E-state index is 0.147. The molecule has 1 heterocycles. The molecule has 0 amide bonds. The van der Waals surface area contributed by atoms with Gasteiger partial charge in [0.15, 0.2) is 0 Å². The second kappa shape index (κ2) is 6.67. The fraction of sp³-hybridized carbons (Fsp3) is 0.571. The van der Waals surface area contributed by atoms with Crippen molar-refractivity contribution in [3.8, 4) is 0 Å². The van der Waals surface area contributed by atoms with Gasteiger partial charge in [-0.1, -0.05) is 30.3 Å². The second-order valence-electron chi connectivity index (χ2n) is 5.27. The van der Waals surface area contributed by atoms with Crippen molar-refractivity contribution in [2.75, 3.05) is 26.7 Å². The molecule has 112 valence electrons. The highest BCUT2D eigenvalue weighted by molar-refractivity contribution is 7.86. The van der Waals surface area contributed by atoms with Gasteiger partial charge in [0.05, 0.1) is 0 Å². The third-order valence-corrected chi connectivity index (χ3v) is 5.73. The molecule has 1 fully saturated rings. The molecule has 6 heteroatoms. The van der Waals surface area contributed by atoms with Gasteiger partial charge in [-0.3, -0.25) is 0 Å². The molecule has 1 aliphatic heterocycles. The van der Waals surface area contributed by atoms with Gasteiger partial charge in [-0.2, -0.15) is 17.0 Å². The summed E-state index contributed by atoms with van der Waals surface area (Å²) in [7, 11) is -1.80. The zero-order valence-corrected chi connectivity index (χ0v) is 12.6. The minimum atomic E-state index is -3.41. The summed E-state index contributed by atoms with van der Waals surface area (Å²) in [5.74, 6) is 0.237. The van der Waals surface area contributed by atoms with Crippen LogP contribution in [-0.2, 0) is 16.8 Å². The maximum atomic E-state index is 12.5. The number of rotatable bonds is 5. The molecule has 0 saturated carbocycles. The maximum Gasteiger partial charge on any atom is 0.282 e. The van der Waals surface area contributed by atoms with Gasteiger partial charge in [-0.05, 0) is 24.3 Å². The fourth-order valence-corrected chi connectivity index (χ4v) is 3.82. The van der Waals surface area contributed by atoms with E-state index in [0.717, 1.165) is 18.4 Å². The van der Waals surface area contributed by atoms with E-state index in [1.54, 1.807) is 7.05 Å². The largest absolute Gasteiger partial charge is 0.396 e. The van der Waals surface area contributed by atoms with E-state index in [0.29, 0.717) is 19.6 Å². The quantitative estimate of drug-likeness (QED) is 0.884. The molecule has 0 spiro atoms. The molecular formula is C14H22N2O3S. The van der Waals surface area contributed by atoms with Gasteiger partial charge in [0.2, 0.25) is 0 Å². The van der Waals surface area contributed by atoms with Crippen molar-refractivity contribution in [1.82, 2.24) is 8.61 Å². The molecular weight excluding hydrogens is 276 g/mol. The van der Waals surface area contributed by atoms with Crippen LogP contribution in [0.4, 0.5) is 0 Å². The average Bonchev–Trinajstić information content (AvgIpc) is 2.48. The zero-order valence-electron chi connectivity index (χ0n) is 11.8. The highest BCUT2D eigenvalue weighted by Crippen LogP contribution is 2.21. The van der Waals surface area contributed by atoms with Crippen LogP contribution >= 0.6 is 0 Å². The number of piperidine rings is 1. The van der Waals surface area contributed by atoms with Gasteiger partial charge in [-0.25, -0.2) is 0 Å². The van der Waals surface area contributed by atoms with Crippen LogP contribution in [0.5, 0.6) is 0 Å². The Kier molecular flexibility index (Phi) is 5.15. The van der Waals surface area contributed by atoms with Crippen LogP contribution in [0.15, 0.2) is 30.3 Å². The fourth-order valence-electron chi connectivity index (χ4n) is 2.44. The number of benzene rings is 1. The Balaban J connectivity index is 1.99. The molecule has 0 unspecified atom stereocenters. The number of aliphatic hydroxyl groups is 1. The van der Waals surface area contributed by atoms with Gasteiger partial charge in [0.1, 0.15) is 0 Å². The van der Waals surface area contributed by atoms with Crippen molar-refractivity contribution in [2.24, 2.45) is 5.92 Å². The Labute approximate surface area is 121 Å². The van der Waals surface area contributed by atoms with E-state index in [2.05, 4.69) is 0 Å². The molecule has 5 nitrogen and oxygen atoms in total. The molecule has 0 bridgehead atoms. The van der Waals surface area contributed by atoms with Gasteiger partial charge < -0.3 is 5.11 Å². The van der Waals surface area contributed by atoms with E-state index in [4.69, 9.17) is 5.11 Å². The standard InChI is InChI=1S/C14H22N2O3S/c1-15(11-13-5-3-2-4-6-13)20(18,19)16-9-7-14(12-17)8-10-16/h2-6,14,17H,7-12H2,1H3. The predicted octanol–water partition coefficient (Wildman–Crippen LogP) is 1.07. The Morgan fingerprint density at radius 1 is 1.25 bits per heavy atom. The van der Waals surface area contributed by atoms with Crippen LogP contribution in [0.2, 0.25) is 0 Å². The first-order valence-electron chi connectivity index (χ1n) is 6.90. The Morgan fingerprint density at radius 2 is 1.85 bits per heavy atom. The topological polar surface area (TPSA) is 60.9 Å². The van der Waals surface area contributed by atoms with Crippen LogP contribution in [0.1, 0.15) is 18.4 Å². The lowest BCUT2D eigenvalue weighted by Crippen LogP contribution is -2.45. The third kappa shape index (κ3) is 3.58. The summed E-state index contributed by atoms with van der Waals surface area (Å²) in [4.78, 5) is 0. The highest BCUT2D eigenvalue weighted by Gasteiger charge is 2.30. The number of hydrogen-bond acceptors (Lipinski definition) is 3. The first kappa shape index (κ1) is 15.4. The SMILES string of the molecule is CN(Cc1ccccc1)S(=O)(=O)N1CCC(CO)CC1. The van der Waals surface area contributed by atoms with E-state index in [-0.39, 0.29) is 12.5 Å². The van der Waals surface area contributed by atoms with Crippen LogP contribution in [0, 0.1) is 5.92 Å². The summed E-state index contributed by atoms with van der Waals surface area (Å²) in [6.07, 6.45) is 1.46. The molecule has 20 heavy (non-hydrogen) atoms. The molecule has 0 aromatic heterocycles. The lowest BCUT2D eigenvalue weighted by atomic mass is 10.00. The van der Waals surface area contributed by atoms with Crippen LogP contribution in [-0.4, -0.2) is 48.9 Å². The van der Waals surface area contributed by atoms with E-state index in [1.165, 1.54) is 8.61 Å². The van der Waals surface area contributed by atoms with Crippen LogP contribution in [0.3, 0.4) is 0 Å². The molecule has 2 rings (SSSR count). The summed E-state index contributed by atoms with van der Waals surface area (Å²) < 4.78 is 27.9. The van der Waals surface area contributed by atoms with Crippen molar-refractivity contribution < 1.29 is 13.5 Å². The Morgan fingerprint density at radius 3 is 2.40 bits per heavy atom. The summed E-state index contributed by atoms with van der Waals surface area (Å²) in [5, 5.41) is 9.11. The maximum absolute atomic E-state index is 12.5. The number of nitrogens with zero attached hydrogens (tertiary/aromatic N) is 2. The zero-order chi connectivity index (χ0) is 14.6. The minimum Gasteiger partial charge on any atom is -0.396 e. The van der Waals surface area contributed by atoms with Crippen molar-refractivity contribution in [3.63, 3.8) is 0 Å². The van der Waals surface area contributed by atoms with E-state index < -0.39 is 10.2 Å². The van der Waals surface area contributed by atoms with E-state index in [9.17, 15) is 8.42 Å². The normalized spacial score (nSPS) is 18.6. The molecule has 1 saturated heterocycles. The van der Waals surface area contributed by atoms with Gasteiger partial charge in [0, 0.05) is 33.3 Å². The smallest absolute Gasteiger partial charge is 0.282 e. The molecule has 0 radical (unpaired) electrons. The first-order valence-corrected chi connectivity index (χ1v) is 8.30. The average molecular weight is 298 g/mol. The van der Waals surface area contributed by atoms with Crippen molar-refractivity contribution in [3.05, 3.63) is 35.9 Å². The molecule has 1 aliphatic rings. The molecule has 0 atom stereocenters. The summed E-state index contributed by atoms with van der Waals surface area (Å²) in [5.41, 5.74) is 0.976. The van der Waals surface area contributed by atoms with Crippen molar-refractivity contribution in [1.29, 1.82) is 0 Å². The van der Waals surface area contributed by atoms with Gasteiger partial charge >= 0.3 is 0 Å². The van der Waals surface area contributed by atoms with Crippen LogP contribution in [0.25, 0.3) is 0 Å². The van der Waals surface area contributed by atoms with Crippen LogP contribution < -0.4 is 0 Å². The first-order chi connectivity index (χ1) is 9.54. The lowest BCUT2D eigenvalue weighted by molar-refractivity contribution is 0.166. The molecule has 0 aliphatic carbocycles. The Hall–Kier alpha value is -0.950. The highest BCUT2D eigenvalue weighted by atomic mass is 32.2.